The first kappa shape index (κ1) is 23.0. The third-order valence-electron chi connectivity index (χ3n) is 6.67. The zero-order valence-corrected chi connectivity index (χ0v) is 18.3. The van der Waals surface area contributed by atoms with E-state index in [1.165, 1.54) is 31.1 Å². The number of benzene rings is 1. The van der Waals surface area contributed by atoms with Crippen molar-refractivity contribution in [1.82, 2.24) is 4.90 Å². The lowest BCUT2D eigenvalue weighted by molar-refractivity contribution is -0.166. The van der Waals surface area contributed by atoms with Crippen LogP contribution in [0.3, 0.4) is 0 Å². The number of likely N-dealkylation sites (N-methyl/N-ethyl adjacent to an activating group) is 1. The van der Waals surface area contributed by atoms with Gasteiger partial charge in [-0.25, -0.2) is 0 Å². The van der Waals surface area contributed by atoms with Gasteiger partial charge in [0.05, 0.1) is 29.2 Å². The largest absolute Gasteiger partial charge is 0.508 e. The molecule has 0 bridgehead atoms. The molecule has 1 fully saturated rings. The van der Waals surface area contributed by atoms with Crippen LogP contribution in [0.15, 0.2) is 35.6 Å². The van der Waals surface area contributed by atoms with Crippen molar-refractivity contribution in [2.24, 2.45) is 17.6 Å². The second-order valence-corrected chi connectivity index (χ2v) is 8.96. The summed E-state index contributed by atoms with van der Waals surface area (Å²) in [6, 6.07) is 1.08. The number of halogens is 1. The van der Waals surface area contributed by atoms with Gasteiger partial charge >= 0.3 is 0 Å². The molecule has 3 aliphatic rings. The Morgan fingerprint density at radius 1 is 1.18 bits per heavy atom. The Hall–Kier alpha value is -3.18. The quantitative estimate of drug-likeness (QED) is 0.321. The predicted molar refractivity (Wildman–Crippen MR) is 116 cm³/mol. The van der Waals surface area contributed by atoms with Crippen LogP contribution in [-0.4, -0.2) is 79.7 Å². The summed E-state index contributed by atoms with van der Waals surface area (Å²) in [6.07, 6.45) is -1.75. The number of nitrogens with two attached hydrogens (primary N) is 1. The van der Waals surface area contributed by atoms with Crippen LogP contribution in [0.2, 0.25) is 5.02 Å². The molecule has 3 aliphatic carbocycles. The number of fused-ring (bicyclic) bond motifs is 3. The van der Waals surface area contributed by atoms with Gasteiger partial charge in [0.25, 0.3) is 5.91 Å². The number of primary amides is 1. The van der Waals surface area contributed by atoms with Gasteiger partial charge in [0, 0.05) is 16.5 Å². The van der Waals surface area contributed by atoms with E-state index in [1.807, 2.05) is 0 Å². The van der Waals surface area contributed by atoms with Crippen LogP contribution in [0.4, 0.5) is 0 Å². The number of aliphatic hydroxyl groups excluding tert-OH is 3. The molecule has 10 nitrogen and oxygen atoms in total. The first-order valence-corrected chi connectivity index (χ1v) is 10.2. The first-order chi connectivity index (χ1) is 15.3. The molecule has 1 saturated carbocycles. The highest BCUT2D eigenvalue weighted by molar-refractivity contribution is 6.33. The summed E-state index contributed by atoms with van der Waals surface area (Å²) in [5.41, 5.74) is 0.634. The van der Waals surface area contributed by atoms with E-state index in [0.29, 0.717) is 0 Å². The van der Waals surface area contributed by atoms with Crippen molar-refractivity contribution in [1.29, 1.82) is 0 Å². The number of ketones is 2. The minimum absolute atomic E-state index is 0.0516. The number of nitrogens with zero attached hydrogens (tertiary/aromatic N) is 1. The van der Waals surface area contributed by atoms with Crippen molar-refractivity contribution in [3.63, 3.8) is 0 Å². The monoisotopic (exact) mass is 476 g/mol. The molecular formula is C22H21ClN2O8. The van der Waals surface area contributed by atoms with Crippen molar-refractivity contribution in [3.05, 3.63) is 51.8 Å². The number of phenolic OH excluding ortho intramolecular Hbond substituents is 1. The average molecular weight is 477 g/mol. The first-order valence-electron chi connectivity index (χ1n) is 9.81. The molecule has 5 atom stereocenters. The molecule has 0 saturated heterocycles. The van der Waals surface area contributed by atoms with Crippen LogP contribution in [-0.2, 0) is 14.4 Å². The maximum atomic E-state index is 13.7. The fourth-order valence-electron chi connectivity index (χ4n) is 5.26. The number of phenols is 1. The molecule has 1 amide bonds. The lowest BCUT2D eigenvalue weighted by Gasteiger charge is -2.52. The molecular weight excluding hydrogens is 456 g/mol. The summed E-state index contributed by atoms with van der Waals surface area (Å²) < 4.78 is 0. The highest BCUT2D eigenvalue weighted by Gasteiger charge is 2.68. The van der Waals surface area contributed by atoms with E-state index in [2.05, 4.69) is 6.58 Å². The fraction of sp³-hybridized carbons (Fsp3) is 0.318. The maximum Gasteiger partial charge on any atom is 0.255 e. The second-order valence-electron chi connectivity index (χ2n) is 8.55. The molecule has 0 unspecified atom stereocenters. The highest BCUT2D eigenvalue weighted by atomic mass is 35.5. The summed E-state index contributed by atoms with van der Waals surface area (Å²) in [5, 5.41) is 55.0. The number of Topliss-reactive ketones (excluding diaryl/α,β-unsaturated/α-hetero) is 2. The third kappa shape index (κ3) is 2.69. The number of rotatable bonds is 2. The number of hydrogen-bond donors (Lipinski definition) is 6. The van der Waals surface area contributed by atoms with E-state index in [1.54, 1.807) is 0 Å². The predicted octanol–water partition coefficient (Wildman–Crippen LogP) is 0.0589. The number of amides is 1. The molecule has 1 aromatic carbocycles. The summed E-state index contributed by atoms with van der Waals surface area (Å²) >= 11 is 6.25. The van der Waals surface area contributed by atoms with Crippen LogP contribution in [0.25, 0.3) is 11.3 Å². The topological polar surface area (TPSA) is 182 Å². The van der Waals surface area contributed by atoms with Crippen LogP contribution in [0.1, 0.15) is 11.1 Å². The standard InChI is InChI=1S/C22H21ClN2O8/c1-6-9-7(23)4-5-8(26)11(9)16(27)12-10(6)17(28)14-15(25(2)3)18(29)13(21(24)32)20(31)22(14,33)19(12)30/h4-5,10,14-15,17,26-28,31,33H,1H2,2-3H3,(H2,24,32)/t10-,14+,15+,17+,22-/m0/s1. The van der Waals surface area contributed by atoms with Crippen LogP contribution >= 0.6 is 11.6 Å². The summed E-state index contributed by atoms with van der Waals surface area (Å²) in [5.74, 6) is -9.18. The summed E-state index contributed by atoms with van der Waals surface area (Å²) in [6.45, 7) is 3.89. The fourth-order valence-corrected chi connectivity index (χ4v) is 5.54. The smallest absolute Gasteiger partial charge is 0.255 e. The van der Waals surface area contributed by atoms with Crippen molar-refractivity contribution < 1.29 is 39.9 Å². The van der Waals surface area contributed by atoms with Gasteiger partial charge in [-0.15, -0.1) is 0 Å². The van der Waals surface area contributed by atoms with Gasteiger partial charge in [-0.1, -0.05) is 18.2 Å². The van der Waals surface area contributed by atoms with E-state index in [9.17, 15) is 39.9 Å². The minimum atomic E-state index is -2.97. The molecule has 33 heavy (non-hydrogen) atoms. The van der Waals surface area contributed by atoms with Gasteiger partial charge in [0.1, 0.15) is 22.8 Å². The number of carbonyl (C=O) groups is 3. The van der Waals surface area contributed by atoms with E-state index >= 15 is 0 Å². The van der Waals surface area contributed by atoms with Crippen LogP contribution in [0, 0.1) is 11.8 Å². The lowest BCUT2D eigenvalue weighted by atomic mass is 9.55. The van der Waals surface area contributed by atoms with Gasteiger partial charge in [-0.05, 0) is 31.8 Å². The van der Waals surface area contributed by atoms with E-state index in [4.69, 9.17) is 17.3 Å². The average Bonchev–Trinajstić information content (AvgIpc) is 2.72. The normalized spacial score (nSPS) is 31.5. The molecule has 0 heterocycles. The molecule has 7 N–H and O–H groups in total. The Morgan fingerprint density at radius 2 is 1.79 bits per heavy atom. The number of carbonyl (C=O) groups excluding carboxylic acids is 3. The Labute approximate surface area is 192 Å². The molecule has 0 aromatic heterocycles. The summed E-state index contributed by atoms with van der Waals surface area (Å²) in [7, 11) is 2.84. The Morgan fingerprint density at radius 3 is 2.33 bits per heavy atom. The van der Waals surface area contributed by atoms with E-state index in [-0.39, 0.29) is 21.7 Å². The summed E-state index contributed by atoms with van der Waals surface area (Å²) in [4.78, 5) is 39.9. The van der Waals surface area contributed by atoms with Crippen molar-refractivity contribution in [3.8, 4) is 5.75 Å². The van der Waals surface area contributed by atoms with Crippen molar-refractivity contribution in [2.45, 2.75) is 17.7 Å². The molecule has 174 valence electrons. The number of aliphatic hydroxyl groups is 4. The van der Waals surface area contributed by atoms with Gasteiger partial charge in [0.15, 0.2) is 11.4 Å². The minimum Gasteiger partial charge on any atom is -0.508 e. The molecule has 1 aromatic rings. The van der Waals surface area contributed by atoms with Gasteiger partial charge in [0.2, 0.25) is 5.78 Å². The van der Waals surface area contributed by atoms with Crippen molar-refractivity contribution in [2.75, 3.05) is 14.1 Å². The van der Waals surface area contributed by atoms with E-state index < -0.39 is 75.5 Å². The van der Waals surface area contributed by atoms with Gasteiger partial charge in [-0.2, -0.15) is 0 Å². The van der Waals surface area contributed by atoms with Crippen molar-refractivity contribution >= 4 is 40.4 Å². The molecule has 4 rings (SSSR count). The van der Waals surface area contributed by atoms with Crippen LogP contribution < -0.4 is 5.73 Å². The SMILES string of the molecule is C=C1c2c(Cl)ccc(O)c2C(O)=C2C(=O)[C@]3(O)C(O)=C(C(N)=O)C(=O)[C@H](N(C)C)[C@@H]3[C@H](O)[C@@H]12. The molecule has 0 spiro atoms. The Kier molecular flexibility index (Phi) is 4.99. The molecule has 11 heteroatoms. The molecule has 0 radical (unpaired) electrons. The zero-order valence-electron chi connectivity index (χ0n) is 17.5. The number of aromatic hydroxyl groups is 1. The van der Waals surface area contributed by atoms with Gasteiger partial charge in [-0.3, -0.25) is 19.3 Å². The van der Waals surface area contributed by atoms with Crippen LogP contribution in [0.5, 0.6) is 5.75 Å². The Bertz CT molecular complexity index is 1230. The Balaban J connectivity index is 2.10. The highest BCUT2D eigenvalue weighted by Crippen LogP contribution is 2.56. The maximum absolute atomic E-state index is 13.7. The molecule has 0 aliphatic heterocycles. The third-order valence-corrected chi connectivity index (χ3v) is 6.99. The lowest BCUT2D eigenvalue weighted by Crippen LogP contribution is -2.70. The van der Waals surface area contributed by atoms with Gasteiger partial charge < -0.3 is 31.3 Å². The second kappa shape index (κ2) is 7.16. The number of hydrogen-bond acceptors (Lipinski definition) is 9. The van der Waals surface area contributed by atoms with E-state index in [0.717, 1.165) is 0 Å². The zero-order chi connectivity index (χ0) is 24.7.